The number of rotatable bonds is 2. The van der Waals surface area contributed by atoms with Crippen LogP contribution in [0.3, 0.4) is 0 Å². The number of aromatic nitrogens is 2. The van der Waals surface area contributed by atoms with Crippen LogP contribution in [0.5, 0.6) is 0 Å². The van der Waals surface area contributed by atoms with Crippen LogP contribution in [0, 0.1) is 0 Å². The van der Waals surface area contributed by atoms with E-state index in [-0.39, 0.29) is 5.11 Å². The number of nitrogens with zero attached hydrogens (tertiary/aromatic N) is 2. The van der Waals surface area contributed by atoms with Crippen LogP contribution in [0.1, 0.15) is 0 Å². The maximum absolute atomic E-state index is 5.49. The molecule has 0 aliphatic carbocycles. The highest BCUT2D eigenvalue weighted by Crippen LogP contribution is 2.25. The number of thiocarbonyl (C=S) groups is 1. The Morgan fingerprint density at radius 3 is 2.65 bits per heavy atom. The lowest BCUT2D eigenvalue weighted by Gasteiger charge is -2.03. The first kappa shape index (κ1) is 12.6. The number of hydrogen-bond donors (Lipinski definition) is 2. The normalized spacial score (nSPS) is 10.7. The van der Waals surface area contributed by atoms with Crippen molar-refractivity contribution in [3.8, 4) is 11.4 Å². The molecular formula is C15H14N4S. The van der Waals surface area contributed by atoms with Crippen molar-refractivity contribution in [2.45, 2.75) is 0 Å². The van der Waals surface area contributed by atoms with E-state index >= 15 is 0 Å². The van der Waals surface area contributed by atoms with E-state index in [1.165, 1.54) is 0 Å². The van der Waals surface area contributed by atoms with Crippen molar-refractivity contribution in [1.82, 2.24) is 9.55 Å². The van der Waals surface area contributed by atoms with Crippen LogP contribution in [0.15, 0.2) is 48.5 Å². The van der Waals surface area contributed by atoms with Gasteiger partial charge in [-0.1, -0.05) is 30.3 Å². The van der Waals surface area contributed by atoms with Crippen LogP contribution in [0.25, 0.3) is 22.4 Å². The first-order valence-corrected chi connectivity index (χ1v) is 6.64. The van der Waals surface area contributed by atoms with Gasteiger partial charge in [0.1, 0.15) is 5.82 Å². The van der Waals surface area contributed by atoms with Gasteiger partial charge in [0, 0.05) is 18.3 Å². The molecule has 2 aromatic carbocycles. The van der Waals surface area contributed by atoms with Crippen molar-refractivity contribution in [3.05, 3.63) is 48.5 Å². The molecule has 1 aromatic heterocycles. The standard InChI is InChI=1S/C15H14N4S/c1-19-13-8-7-11(17-15(16)20)9-12(13)18-14(19)10-5-3-2-4-6-10/h2-9H,1H3,(H3,16,17,20). The summed E-state index contributed by atoms with van der Waals surface area (Å²) in [4.78, 5) is 4.69. The molecule has 5 heteroatoms. The molecule has 100 valence electrons. The molecule has 0 fully saturated rings. The first-order chi connectivity index (χ1) is 9.65. The predicted molar refractivity (Wildman–Crippen MR) is 86.6 cm³/mol. The average Bonchev–Trinajstić information content (AvgIpc) is 2.76. The topological polar surface area (TPSA) is 55.9 Å². The van der Waals surface area contributed by atoms with Gasteiger partial charge in [-0.15, -0.1) is 0 Å². The molecule has 0 saturated heterocycles. The van der Waals surface area contributed by atoms with E-state index in [9.17, 15) is 0 Å². The highest BCUT2D eigenvalue weighted by Gasteiger charge is 2.09. The maximum Gasteiger partial charge on any atom is 0.168 e. The smallest absolute Gasteiger partial charge is 0.168 e. The molecule has 0 unspecified atom stereocenters. The summed E-state index contributed by atoms with van der Waals surface area (Å²) < 4.78 is 2.08. The van der Waals surface area contributed by atoms with Crippen LogP contribution in [0.2, 0.25) is 0 Å². The van der Waals surface area contributed by atoms with Crippen molar-refractivity contribution >= 4 is 34.1 Å². The summed E-state index contributed by atoms with van der Waals surface area (Å²) in [5.41, 5.74) is 9.41. The van der Waals surface area contributed by atoms with Crippen LogP contribution in [-0.4, -0.2) is 14.7 Å². The Balaban J connectivity index is 2.12. The molecule has 3 rings (SSSR count). The molecule has 0 aliphatic heterocycles. The van der Waals surface area contributed by atoms with E-state index in [0.29, 0.717) is 0 Å². The van der Waals surface area contributed by atoms with Crippen LogP contribution >= 0.6 is 12.2 Å². The zero-order valence-electron chi connectivity index (χ0n) is 11.0. The van der Waals surface area contributed by atoms with Gasteiger partial charge in [0.15, 0.2) is 5.11 Å². The summed E-state index contributed by atoms with van der Waals surface area (Å²) in [5, 5.41) is 3.18. The number of imidazole rings is 1. The minimum atomic E-state index is 0.253. The van der Waals surface area contributed by atoms with Gasteiger partial charge in [-0.2, -0.15) is 0 Å². The van der Waals surface area contributed by atoms with Crippen molar-refractivity contribution in [2.75, 3.05) is 5.32 Å². The molecule has 0 spiro atoms. The lowest BCUT2D eigenvalue weighted by Crippen LogP contribution is -2.18. The molecule has 20 heavy (non-hydrogen) atoms. The Labute approximate surface area is 122 Å². The number of benzene rings is 2. The van der Waals surface area contributed by atoms with Crippen molar-refractivity contribution in [2.24, 2.45) is 12.8 Å². The molecule has 0 aliphatic rings. The highest BCUT2D eigenvalue weighted by atomic mass is 32.1. The van der Waals surface area contributed by atoms with Gasteiger partial charge in [0.05, 0.1) is 11.0 Å². The average molecular weight is 282 g/mol. The fraction of sp³-hybridized carbons (Fsp3) is 0.0667. The Hall–Kier alpha value is -2.40. The van der Waals surface area contributed by atoms with E-state index in [4.69, 9.17) is 18.0 Å². The van der Waals surface area contributed by atoms with E-state index in [1.54, 1.807) is 0 Å². The van der Waals surface area contributed by atoms with Gasteiger partial charge in [-0.3, -0.25) is 0 Å². The summed E-state index contributed by atoms with van der Waals surface area (Å²) in [5.74, 6) is 0.938. The van der Waals surface area contributed by atoms with E-state index in [0.717, 1.165) is 28.1 Å². The monoisotopic (exact) mass is 282 g/mol. The summed E-state index contributed by atoms with van der Waals surface area (Å²) in [6.45, 7) is 0. The number of hydrogen-bond acceptors (Lipinski definition) is 2. The van der Waals surface area contributed by atoms with Gasteiger partial charge >= 0.3 is 0 Å². The summed E-state index contributed by atoms with van der Waals surface area (Å²) in [7, 11) is 2.01. The highest BCUT2D eigenvalue weighted by molar-refractivity contribution is 7.80. The van der Waals surface area contributed by atoms with E-state index in [2.05, 4.69) is 27.0 Å². The fourth-order valence-corrected chi connectivity index (χ4v) is 2.38. The van der Waals surface area contributed by atoms with Gasteiger partial charge in [0.2, 0.25) is 0 Å². The number of nitrogens with two attached hydrogens (primary N) is 1. The minimum Gasteiger partial charge on any atom is -0.376 e. The van der Waals surface area contributed by atoms with Crippen molar-refractivity contribution < 1.29 is 0 Å². The minimum absolute atomic E-state index is 0.253. The molecule has 0 atom stereocenters. The Morgan fingerprint density at radius 2 is 1.95 bits per heavy atom. The molecule has 0 saturated carbocycles. The van der Waals surface area contributed by atoms with Gasteiger partial charge in [-0.25, -0.2) is 4.98 Å². The van der Waals surface area contributed by atoms with Gasteiger partial charge < -0.3 is 15.6 Å². The van der Waals surface area contributed by atoms with Crippen LogP contribution < -0.4 is 11.1 Å². The van der Waals surface area contributed by atoms with E-state index < -0.39 is 0 Å². The zero-order chi connectivity index (χ0) is 14.1. The zero-order valence-corrected chi connectivity index (χ0v) is 11.8. The van der Waals surface area contributed by atoms with Gasteiger partial charge in [0.25, 0.3) is 0 Å². The number of nitrogens with one attached hydrogen (secondary N) is 1. The molecule has 0 amide bonds. The summed E-state index contributed by atoms with van der Waals surface area (Å²) in [6.07, 6.45) is 0. The third kappa shape index (κ3) is 2.23. The third-order valence-electron chi connectivity index (χ3n) is 3.18. The van der Waals surface area contributed by atoms with Crippen molar-refractivity contribution in [3.63, 3.8) is 0 Å². The lowest BCUT2D eigenvalue weighted by atomic mass is 10.2. The van der Waals surface area contributed by atoms with Crippen LogP contribution in [-0.2, 0) is 7.05 Å². The summed E-state index contributed by atoms with van der Waals surface area (Å²) >= 11 is 4.85. The molecule has 3 aromatic rings. The molecule has 1 heterocycles. The molecule has 3 N–H and O–H groups in total. The second-order valence-electron chi connectivity index (χ2n) is 4.55. The van der Waals surface area contributed by atoms with Crippen LogP contribution in [0.4, 0.5) is 5.69 Å². The Morgan fingerprint density at radius 1 is 1.20 bits per heavy atom. The Bertz CT molecular complexity index is 777. The molecule has 0 bridgehead atoms. The van der Waals surface area contributed by atoms with E-state index in [1.807, 2.05) is 43.4 Å². The quantitative estimate of drug-likeness (QED) is 0.710. The van der Waals surface area contributed by atoms with Gasteiger partial charge in [-0.05, 0) is 30.4 Å². The van der Waals surface area contributed by atoms with Crippen molar-refractivity contribution in [1.29, 1.82) is 0 Å². The number of aryl methyl sites for hydroxylation is 1. The number of anilines is 1. The molecule has 4 nitrogen and oxygen atoms in total. The molecular weight excluding hydrogens is 268 g/mol. The fourth-order valence-electron chi connectivity index (χ4n) is 2.27. The lowest BCUT2D eigenvalue weighted by molar-refractivity contribution is 0.959. The molecule has 0 radical (unpaired) electrons. The Kier molecular flexibility index (Phi) is 3.12. The largest absolute Gasteiger partial charge is 0.376 e. The first-order valence-electron chi connectivity index (χ1n) is 6.23. The second-order valence-corrected chi connectivity index (χ2v) is 4.99. The predicted octanol–water partition coefficient (Wildman–Crippen LogP) is 2.90. The maximum atomic E-state index is 5.49. The SMILES string of the molecule is Cn1c(-c2ccccc2)nc2cc(NC(N)=S)ccc21. The third-order valence-corrected chi connectivity index (χ3v) is 3.28. The second kappa shape index (κ2) is 4.94. The number of fused-ring (bicyclic) bond motifs is 1. The summed E-state index contributed by atoms with van der Waals surface area (Å²) in [6, 6.07) is 16.0.